The fourth-order valence-electron chi connectivity index (χ4n) is 1.74. The summed E-state index contributed by atoms with van der Waals surface area (Å²) in [6.45, 7) is 8.09. The van der Waals surface area contributed by atoms with Gasteiger partial charge in [-0.25, -0.2) is 0 Å². The lowest BCUT2D eigenvalue weighted by atomic mass is 10.0. The first-order valence-corrected chi connectivity index (χ1v) is 6.34. The quantitative estimate of drug-likeness (QED) is 0.406. The van der Waals surface area contributed by atoms with E-state index in [1.54, 1.807) is 0 Å². The third-order valence-corrected chi connectivity index (χ3v) is 2.69. The van der Waals surface area contributed by atoms with E-state index >= 15 is 0 Å². The molecular weight excluding hydrogens is 184 g/mol. The van der Waals surface area contributed by atoms with Gasteiger partial charge in [-0.2, -0.15) is 0 Å². The third-order valence-electron chi connectivity index (χ3n) is 2.69. The van der Waals surface area contributed by atoms with Gasteiger partial charge >= 0.3 is 0 Å². The second-order valence-corrected chi connectivity index (χ2v) is 4.14. The number of rotatable bonds is 11. The number of hydrogen-bond acceptors (Lipinski definition) is 2. The van der Waals surface area contributed by atoms with Crippen molar-refractivity contribution in [2.45, 2.75) is 51.5 Å². The number of unbranched alkanes of at least 4 members (excludes halogenated alkanes) is 2. The van der Waals surface area contributed by atoms with E-state index in [0.29, 0.717) is 6.04 Å². The summed E-state index contributed by atoms with van der Waals surface area (Å²) in [6.07, 6.45) is 9.80. The van der Waals surface area contributed by atoms with Gasteiger partial charge < -0.3 is 10.6 Å². The van der Waals surface area contributed by atoms with Crippen LogP contribution < -0.4 is 10.6 Å². The topological polar surface area (TPSA) is 24.1 Å². The van der Waals surface area contributed by atoms with Crippen molar-refractivity contribution in [2.24, 2.45) is 0 Å². The summed E-state index contributed by atoms with van der Waals surface area (Å²) in [4.78, 5) is 0. The molecule has 0 radical (unpaired) electrons. The smallest absolute Gasteiger partial charge is 0.0134 e. The molecule has 0 aliphatic rings. The Hall–Kier alpha value is -0.340. The SMILES string of the molecule is C=CCNC(CCCC)CCCCNC. The summed E-state index contributed by atoms with van der Waals surface area (Å²) in [5.74, 6) is 0. The van der Waals surface area contributed by atoms with Crippen molar-refractivity contribution in [3.63, 3.8) is 0 Å². The Morgan fingerprint density at radius 1 is 1.20 bits per heavy atom. The molecule has 0 aromatic rings. The first kappa shape index (κ1) is 14.7. The molecule has 0 saturated carbocycles. The molecule has 90 valence electrons. The summed E-state index contributed by atoms with van der Waals surface area (Å²) < 4.78 is 0. The van der Waals surface area contributed by atoms with Gasteiger partial charge in [-0.3, -0.25) is 0 Å². The van der Waals surface area contributed by atoms with Gasteiger partial charge in [0, 0.05) is 12.6 Å². The van der Waals surface area contributed by atoms with Gasteiger partial charge in [-0.1, -0.05) is 32.3 Å². The Morgan fingerprint density at radius 2 is 1.93 bits per heavy atom. The first-order valence-electron chi connectivity index (χ1n) is 6.34. The van der Waals surface area contributed by atoms with Gasteiger partial charge in [0.2, 0.25) is 0 Å². The lowest BCUT2D eigenvalue weighted by Gasteiger charge is -2.17. The molecule has 2 nitrogen and oxygen atoms in total. The van der Waals surface area contributed by atoms with E-state index in [9.17, 15) is 0 Å². The summed E-state index contributed by atoms with van der Waals surface area (Å²) in [5.41, 5.74) is 0. The molecule has 0 aromatic carbocycles. The van der Waals surface area contributed by atoms with Gasteiger partial charge in [0.05, 0.1) is 0 Å². The highest BCUT2D eigenvalue weighted by Crippen LogP contribution is 2.08. The van der Waals surface area contributed by atoms with Crippen molar-refractivity contribution in [2.75, 3.05) is 20.1 Å². The van der Waals surface area contributed by atoms with Crippen LogP contribution in [0.15, 0.2) is 12.7 Å². The van der Waals surface area contributed by atoms with Crippen LogP contribution in [0.2, 0.25) is 0 Å². The zero-order valence-corrected chi connectivity index (χ0v) is 10.5. The third kappa shape index (κ3) is 9.95. The standard InChI is InChI=1S/C13H28N2/c1-4-6-9-13(15-11-5-2)10-7-8-12-14-3/h5,13-15H,2,4,6-12H2,1,3H3. The molecule has 0 aliphatic heterocycles. The second kappa shape index (κ2) is 11.7. The minimum atomic E-state index is 0.694. The molecule has 0 saturated heterocycles. The van der Waals surface area contributed by atoms with Crippen molar-refractivity contribution in [1.82, 2.24) is 10.6 Å². The molecule has 15 heavy (non-hydrogen) atoms. The normalized spacial score (nSPS) is 12.7. The first-order chi connectivity index (χ1) is 7.35. The van der Waals surface area contributed by atoms with Gasteiger partial charge in [-0.05, 0) is 32.9 Å². The Balaban J connectivity index is 3.53. The molecule has 2 heteroatoms. The van der Waals surface area contributed by atoms with E-state index in [2.05, 4.69) is 24.1 Å². The van der Waals surface area contributed by atoms with Crippen LogP contribution in [0.5, 0.6) is 0 Å². The Bertz CT molecular complexity index is 134. The fourth-order valence-corrected chi connectivity index (χ4v) is 1.74. The Morgan fingerprint density at radius 3 is 2.53 bits per heavy atom. The average molecular weight is 212 g/mol. The van der Waals surface area contributed by atoms with E-state index in [0.717, 1.165) is 13.1 Å². The number of hydrogen-bond donors (Lipinski definition) is 2. The molecule has 1 unspecified atom stereocenters. The monoisotopic (exact) mass is 212 g/mol. The van der Waals surface area contributed by atoms with Crippen LogP contribution in [0.25, 0.3) is 0 Å². The maximum Gasteiger partial charge on any atom is 0.0134 e. The van der Waals surface area contributed by atoms with Crippen molar-refractivity contribution in [1.29, 1.82) is 0 Å². The molecule has 0 bridgehead atoms. The molecule has 0 spiro atoms. The largest absolute Gasteiger partial charge is 0.320 e. The molecule has 0 rings (SSSR count). The predicted molar refractivity (Wildman–Crippen MR) is 69.3 cm³/mol. The zero-order chi connectivity index (χ0) is 11.4. The zero-order valence-electron chi connectivity index (χ0n) is 10.5. The second-order valence-electron chi connectivity index (χ2n) is 4.14. The summed E-state index contributed by atoms with van der Waals surface area (Å²) in [6, 6.07) is 0.694. The van der Waals surface area contributed by atoms with Gasteiger partial charge in [0.25, 0.3) is 0 Å². The van der Waals surface area contributed by atoms with Crippen molar-refractivity contribution in [3.05, 3.63) is 12.7 Å². The van der Waals surface area contributed by atoms with E-state index < -0.39 is 0 Å². The molecule has 0 fully saturated rings. The van der Waals surface area contributed by atoms with Crippen LogP contribution in [0.1, 0.15) is 45.4 Å². The van der Waals surface area contributed by atoms with Crippen LogP contribution in [0.4, 0.5) is 0 Å². The maximum absolute atomic E-state index is 3.75. The molecular formula is C13H28N2. The van der Waals surface area contributed by atoms with Crippen molar-refractivity contribution >= 4 is 0 Å². The predicted octanol–water partition coefficient (Wildman–Crippen LogP) is 2.71. The summed E-state index contributed by atoms with van der Waals surface area (Å²) in [5, 5.41) is 6.73. The van der Waals surface area contributed by atoms with Gasteiger partial charge in [0.15, 0.2) is 0 Å². The number of nitrogens with one attached hydrogen (secondary N) is 2. The molecule has 2 N–H and O–H groups in total. The van der Waals surface area contributed by atoms with Crippen molar-refractivity contribution < 1.29 is 0 Å². The lowest BCUT2D eigenvalue weighted by Crippen LogP contribution is -2.29. The van der Waals surface area contributed by atoms with Crippen LogP contribution in [0, 0.1) is 0 Å². The van der Waals surface area contributed by atoms with E-state index in [4.69, 9.17) is 0 Å². The minimum absolute atomic E-state index is 0.694. The Labute approximate surface area is 95.5 Å². The molecule has 1 atom stereocenters. The molecule has 0 amide bonds. The van der Waals surface area contributed by atoms with E-state index in [1.165, 1.54) is 38.5 Å². The maximum atomic E-state index is 3.75. The van der Waals surface area contributed by atoms with Crippen LogP contribution in [-0.2, 0) is 0 Å². The summed E-state index contributed by atoms with van der Waals surface area (Å²) in [7, 11) is 2.02. The summed E-state index contributed by atoms with van der Waals surface area (Å²) >= 11 is 0. The minimum Gasteiger partial charge on any atom is -0.320 e. The highest BCUT2D eigenvalue weighted by atomic mass is 14.9. The molecule has 0 aliphatic carbocycles. The van der Waals surface area contributed by atoms with Crippen LogP contribution in [0.3, 0.4) is 0 Å². The molecule has 0 aromatic heterocycles. The van der Waals surface area contributed by atoms with Crippen LogP contribution in [-0.4, -0.2) is 26.2 Å². The highest BCUT2D eigenvalue weighted by molar-refractivity contribution is 4.75. The van der Waals surface area contributed by atoms with Crippen LogP contribution >= 0.6 is 0 Å². The Kier molecular flexibility index (Phi) is 11.5. The fraction of sp³-hybridized carbons (Fsp3) is 0.846. The molecule has 0 heterocycles. The van der Waals surface area contributed by atoms with Crippen molar-refractivity contribution in [3.8, 4) is 0 Å². The van der Waals surface area contributed by atoms with Gasteiger partial charge in [0.1, 0.15) is 0 Å². The average Bonchev–Trinajstić information content (AvgIpc) is 2.27. The van der Waals surface area contributed by atoms with E-state index in [-0.39, 0.29) is 0 Å². The van der Waals surface area contributed by atoms with Gasteiger partial charge in [-0.15, -0.1) is 6.58 Å². The van der Waals surface area contributed by atoms with E-state index in [1.807, 2.05) is 13.1 Å². The highest BCUT2D eigenvalue weighted by Gasteiger charge is 2.05. The lowest BCUT2D eigenvalue weighted by molar-refractivity contribution is 0.438.